The molecule has 0 aliphatic carbocycles. The van der Waals surface area contributed by atoms with Crippen LogP contribution in [0, 0.1) is 0 Å². The van der Waals surface area contributed by atoms with E-state index in [2.05, 4.69) is 0 Å². The van der Waals surface area contributed by atoms with Gasteiger partial charge in [0.05, 0.1) is 19.3 Å². The van der Waals surface area contributed by atoms with Crippen LogP contribution in [0.1, 0.15) is 13.8 Å². The topological polar surface area (TPSA) is 79.4 Å². The summed E-state index contributed by atoms with van der Waals surface area (Å²) < 4.78 is 38.4. The Morgan fingerprint density at radius 1 is 1.05 bits per heavy atom. The smallest absolute Gasteiger partial charge is 0.282 e. The van der Waals surface area contributed by atoms with Crippen molar-refractivity contribution in [3.8, 4) is 0 Å². The van der Waals surface area contributed by atoms with E-state index in [1.807, 2.05) is 13.8 Å². The Balaban J connectivity index is 1.84. The maximum atomic E-state index is 12.5. The number of rotatable bonds is 5. The number of piperazine rings is 1. The number of carbonyl (C=O) groups is 1. The summed E-state index contributed by atoms with van der Waals surface area (Å²) in [4.78, 5) is 13.6. The van der Waals surface area contributed by atoms with Gasteiger partial charge in [-0.2, -0.15) is 17.0 Å². The number of hydrogen-bond donors (Lipinski definition) is 0. The van der Waals surface area contributed by atoms with Crippen LogP contribution in [0.4, 0.5) is 0 Å². The van der Waals surface area contributed by atoms with Crippen LogP contribution < -0.4 is 0 Å². The fourth-order valence-electron chi connectivity index (χ4n) is 2.44. The van der Waals surface area contributed by atoms with Gasteiger partial charge in [0.1, 0.15) is 6.61 Å². The van der Waals surface area contributed by atoms with E-state index in [-0.39, 0.29) is 18.6 Å². The zero-order valence-corrected chi connectivity index (χ0v) is 14.0. The van der Waals surface area contributed by atoms with Gasteiger partial charge in [-0.15, -0.1) is 0 Å². The van der Waals surface area contributed by atoms with Crippen molar-refractivity contribution in [2.75, 3.05) is 59.1 Å². The number of carbonyl (C=O) groups excluding carboxylic acids is 1. The maximum absolute atomic E-state index is 12.5. The van der Waals surface area contributed by atoms with Gasteiger partial charge >= 0.3 is 0 Å². The minimum atomic E-state index is -3.44. The van der Waals surface area contributed by atoms with Crippen molar-refractivity contribution in [3.05, 3.63) is 0 Å². The number of hydrogen-bond acceptors (Lipinski definition) is 5. The van der Waals surface area contributed by atoms with E-state index in [9.17, 15) is 13.2 Å². The predicted octanol–water partition coefficient (Wildman–Crippen LogP) is -0.867. The summed E-state index contributed by atoms with van der Waals surface area (Å²) in [5.74, 6) is -0.0860. The molecule has 128 valence electrons. The van der Waals surface area contributed by atoms with Crippen LogP contribution >= 0.6 is 0 Å². The van der Waals surface area contributed by atoms with Crippen molar-refractivity contribution < 1.29 is 22.7 Å². The van der Waals surface area contributed by atoms with Crippen molar-refractivity contribution in [1.82, 2.24) is 13.5 Å². The fourth-order valence-corrected chi connectivity index (χ4v) is 4.00. The monoisotopic (exact) mass is 335 g/mol. The summed E-state index contributed by atoms with van der Waals surface area (Å²) in [7, 11) is -3.44. The lowest BCUT2D eigenvalue weighted by Gasteiger charge is -2.37. The summed E-state index contributed by atoms with van der Waals surface area (Å²) >= 11 is 0. The van der Waals surface area contributed by atoms with Crippen LogP contribution in [0.2, 0.25) is 0 Å². The molecule has 0 spiro atoms. The Morgan fingerprint density at radius 3 is 2.14 bits per heavy atom. The third-order valence-corrected chi connectivity index (χ3v) is 5.79. The number of ether oxygens (including phenoxy) is 2. The minimum absolute atomic E-state index is 0.00642. The summed E-state index contributed by atoms with van der Waals surface area (Å²) in [6, 6.07) is 0. The highest BCUT2D eigenvalue weighted by molar-refractivity contribution is 7.86. The van der Waals surface area contributed by atoms with E-state index in [4.69, 9.17) is 9.47 Å². The summed E-state index contributed by atoms with van der Waals surface area (Å²) in [5.41, 5.74) is 0. The van der Waals surface area contributed by atoms with Crippen LogP contribution in [0.25, 0.3) is 0 Å². The molecule has 8 nitrogen and oxygen atoms in total. The van der Waals surface area contributed by atoms with Crippen molar-refractivity contribution in [2.24, 2.45) is 0 Å². The Hall–Kier alpha value is -0.740. The zero-order chi connectivity index (χ0) is 16.2. The SMILES string of the molecule is CC(C)OCC(=O)N1CCN(S(=O)(=O)N2CCOCC2)CC1. The second-order valence-corrected chi connectivity index (χ2v) is 7.59. The average Bonchev–Trinajstić information content (AvgIpc) is 2.53. The quantitative estimate of drug-likeness (QED) is 0.653. The highest BCUT2D eigenvalue weighted by Gasteiger charge is 2.34. The first kappa shape index (κ1) is 17.6. The lowest BCUT2D eigenvalue weighted by Crippen LogP contribution is -2.56. The molecule has 0 bridgehead atoms. The Bertz CT molecular complexity index is 468. The number of nitrogens with zero attached hydrogens (tertiary/aromatic N) is 3. The maximum Gasteiger partial charge on any atom is 0.282 e. The highest BCUT2D eigenvalue weighted by Crippen LogP contribution is 2.14. The average molecular weight is 335 g/mol. The molecule has 9 heteroatoms. The van der Waals surface area contributed by atoms with Gasteiger partial charge in [-0.05, 0) is 13.8 Å². The third kappa shape index (κ3) is 4.39. The Labute approximate surface area is 132 Å². The molecule has 22 heavy (non-hydrogen) atoms. The lowest BCUT2D eigenvalue weighted by atomic mass is 10.3. The van der Waals surface area contributed by atoms with Crippen molar-refractivity contribution >= 4 is 16.1 Å². The van der Waals surface area contributed by atoms with Crippen LogP contribution in [-0.4, -0.2) is 93.0 Å². The molecular formula is C13H25N3O5S. The number of amides is 1. The van der Waals surface area contributed by atoms with Crippen LogP contribution in [0.15, 0.2) is 0 Å². The van der Waals surface area contributed by atoms with Gasteiger partial charge in [-0.25, -0.2) is 0 Å². The van der Waals surface area contributed by atoms with Crippen LogP contribution in [0.3, 0.4) is 0 Å². The van der Waals surface area contributed by atoms with Gasteiger partial charge in [0, 0.05) is 39.3 Å². The molecule has 1 amide bonds. The Kier molecular flexibility index (Phi) is 6.16. The van der Waals surface area contributed by atoms with Crippen molar-refractivity contribution in [3.63, 3.8) is 0 Å². The van der Waals surface area contributed by atoms with E-state index in [1.165, 1.54) is 8.61 Å². The third-order valence-electron chi connectivity index (χ3n) is 3.75. The zero-order valence-electron chi connectivity index (χ0n) is 13.2. The number of morpholine rings is 1. The van der Waals surface area contributed by atoms with Gasteiger partial charge in [0.2, 0.25) is 5.91 Å². The standard InChI is InChI=1S/C13H25N3O5S/c1-12(2)21-11-13(17)14-3-5-15(6-4-14)22(18,19)16-7-9-20-10-8-16/h12H,3-11H2,1-2H3. The van der Waals surface area contributed by atoms with Crippen LogP contribution in [-0.2, 0) is 24.5 Å². The summed E-state index contributed by atoms with van der Waals surface area (Å²) in [6.45, 7) is 6.92. The first-order valence-electron chi connectivity index (χ1n) is 7.63. The molecule has 2 heterocycles. The van der Waals surface area contributed by atoms with E-state index in [0.717, 1.165) is 0 Å². The molecule has 2 aliphatic rings. The van der Waals surface area contributed by atoms with E-state index < -0.39 is 10.2 Å². The summed E-state index contributed by atoms with van der Waals surface area (Å²) in [6.07, 6.45) is 0.00642. The van der Waals surface area contributed by atoms with Gasteiger partial charge in [-0.1, -0.05) is 0 Å². The first-order valence-corrected chi connectivity index (χ1v) is 9.03. The van der Waals surface area contributed by atoms with Gasteiger partial charge in [-0.3, -0.25) is 4.79 Å². The first-order chi connectivity index (χ1) is 10.4. The van der Waals surface area contributed by atoms with E-state index in [1.54, 1.807) is 4.90 Å². The van der Waals surface area contributed by atoms with Crippen LogP contribution in [0.5, 0.6) is 0 Å². The van der Waals surface area contributed by atoms with Gasteiger partial charge < -0.3 is 14.4 Å². The molecule has 0 aromatic carbocycles. The molecule has 0 N–H and O–H groups in total. The van der Waals surface area contributed by atoms with Crippen molar-refractivity contribution in [2.45, 2.75) is 20.0 Å². The molecule has 2 fully saturated rings. The largest absolute Gasteiger partial charge is 0.379 e. The van der Waals surface area contributed by atoms with Gasteiger partial charge in [0.15, 0.2) is 0 Å². The lowest BCUT2D eigenvalue weighted by molar-refractivity contribution is -0.138. The molecule has 0 atom stereocenters. The minimum Gasteiger partial charge on any atom is -0.379 e. The molecule has 2 saturated heterocycles. The Morgan fingerprint density at radius 2 is 1.59 bits per heavy atom. The molecule has 0 unspecified atom stereocenters. The van der Waals surface area contributed by atoms with E-state index in [0.29, 0.717) is 52.5 Å². The second kappa shape index (κ2) is 7.69. The molecular weight excluding hydrogens is 310 g/mol. The molecule has 0 saturated carbocycles. The highest BCUT2D eigenvalue weighted by atomic mass is 32.2. The van der Waals surface area contributed by atoms with Crippen molar-refractivity contribution in [1.29, 1.82) is 0 Å². The fraction of sp³-hybridized carbons (Fsp3) is 0.923. The van der Waals surface area contributed by atoms with E-state index >= 15 is 0 Å². The molecule has 0 aromatic heterocycles. The normalized spacial score (nSPS) is 22.2. The molecule has 0 radical (unpaired) electrons. The van der Waals surface area contributed by atoms with Gasteiger partial charge in [0.25, 0.3) is 10.2 Å². The molecule has 2 aliphatic heterocycles. The predicted molar refractivity (Wildman–Crippen MR) is 80.6 cm³/mol. The summed E-state index contributed by atoms with van der Waals surface area (Å²) in [5, 5.41) is 0. The second-order valence-electron chi connectivity index (χ2n) is 5.66. The molecule has 2 rings (SSSR count). The molecule has 0 aromatic rings.